The predicted octanol–water partition coefficient (Wildman–Crippen LogP) is 4.10. The molecule has 128 valence electrons. The van der Waals surface area contributed by atoms with Gasteiger partial charge in [-0.25, -0.2) is 4.98 Å². The lowest BCUT2D eigenvalue weighted by Gasteiger charge is -2.22. The molecule has 0 atom stereocenters. The molecule has 0 fully saturated rings. The van der Waals surface area contributed by atoms with E-state index in [1.54, 1.807) is 23.2 Å². The molecular weight excluding hydrogens is 390 g/mol. The third kappa shape index (κ3) is 5.42. The second-order valence-electron chi connectivity index (χ2n) is 5.41. The summed E-state index contributed by atoms with van der Waals surface area (Å²) in [6.07, 6.45) is 3.51. The van der Waals surface area contributed by atoms with E-state index in [0.717, 1.165) is 22.2 Å². The summed E-state index contributed by atoms with van der Waals surface area (Å²) in [6, 6.07) is 7.20. The van der Waals surface area contributed by atoms with Crippen molar-refractivity contribution in [2.45, 2.75) is 26.7 Å². The highest BCUT2D eigenvalue weighted by Gasteiger charge is 2.19. The Morgan fingerprint density at radius 1 is 1.38 bits per heavy atom. The molecule has 2 rings (SSSR count). The number of carbonyl (C=O) groups is 2. The molecule has 1 N–H and O–H groups in total. The fourth-order valence-electron chi connectivity index (χ4n) is 2.15. The number of nitrogens with zero attached hydrogens (tertiary/aromatic N) is 2. The minimum atomic E-state index is -0.233. The van der Waals surface area contributed by atoms with Crippen molar-refractivity contribution in [2.75, 3.05) is 18.4 Å². The van der Waals surface area contributed by atoms with Crippen LogP contribution in [0.3, 0.4) is 0 Å². The Morgan fingerprint density at radius 2 is 2.17 bits per heavy atom. The van der Waals surface area contributed by atoms with Crippen LogP contribution in [0, 0.1) is 6.92 Å². The van der Waals surface area contributed by atoms with Gasteiger partial charge in [0.05, 0.1) is 0 Å². The van der Waals surface area contributed by atoms with Crippen molar-refractivity contribution < 1.29 is 9.59 Å². The number of carbonyl (C=O) groups excluding carboxylic acids is 2. The lowest BCUT2D eigenvalue weighted by molar-refractivity contribution is -0.116. The summed E-state index contributed by atoms with van der Waals surface area (Å²) in [5, 5.41) is 3.31. The Labute approximate surface area is 154 Å². The minimum Gasteiger partial charge on any atom is -0.329 e. The fraction of sp³-hybridized carbons (Fsp3) is 0.353. The van der Waals surface area contributed by atoms with E-state index in [2.05, 4.69) is 33.2 Å². The smallest absolute Gasteiger partial charge is 0.254 e. The lowest BCUT2D eigenvalue weighted by Crippen LogP contribution is -2.38. The van der Waals surface area contributed by atoms with Crippen molar-refractivity contribution >= 4 is 44.2 Å². The summed E-state index contributed by atoms with van der Waals surface area (Å²) in [4.78, 5) is 31.7. The van der Waals surface area contributed by atoms with Crippen LogP contribution in [0.5, 0.6) is 0 Å². The molecule has 0 bridgehead atoms. The maximum Gasteiger partial charge on any atom is 0.254 e. The van der Waals surface area contributed by atoms with Crippen LogP contribution in [0.4, 0.5) is 5.13 Å². The van der Waals surface area contributed by atoms with Crippen LogP contribution in [0.25, 0.3) is 0 Å². The molecule has 0 saturated carbocycles. The molecule has 2 amide bonds. The zero-order chi connectivity index (χ0) is 17.5. The van der Waals surface area contributed by atoms with Crippen LogP contribution in [0.2, 0.25) is 0 Å². The molecule has 1 heterocycles. The number of hydrogen-bond donors (Lipinski definition) is 1. The molecular formula is C17H20BrN3O2S. The zero-order valence-electron chi connectivity index (χ0n) is 13.7. The van der Waals surface area contributed by atoms with Crippen molar-refractivity contribution in [2.24, 2.45) is 0 Å². The summed E-state index contributed by atoms with van der Waals surface area (Å²) < 4.78 is 0.839. The van der Waals surface area contributed by atoms with Crippen LogP contribution < -0.4 is 5.32 Å². The minimum absolute atomic E-state index is 0.0178. The van der Waals surface area contributed by atoms with E-state index in [1.807, 2.05) is 19.1 Å². The number of amides is 2. The van der Waals surface area contributed by atoms with E-state index in [-0.39, 0.29) is 18.4 Å². The average Bonchev–Trinajstić information content (AvgIpc) is 2.95. The molecule has 2 aromatic rings. The molecule has 0 aliphatic heterocycles. The molecule has 0 unspecified atom stereocenters. The maximum atomic E-state index is 12.7. The van der Waals surface area contributed by atoms with Crippen molar-refractivity contribution in [1.29, 1.82) is 0 Å². The van der Waals surface area contributed by atoms with Crippen LogP contribution in [0.15, 0.2) is 34.9 Å². The number of benzene rings is 1. The first-order valence-electron chi connectivity index (χ1n) is 7.76. The highest BCUT2D eigenvalue weighted by Crippen LogP contribution is 2.17. The Hall–Kier alpha value is -1.73. The van der Waals surface area contributed by atoms with Gasteiger partial charge in [0.1, 0.15) is 6.54 Å². The van der Waals surface area contributed by atoms with Gasteiger partial charge in [-0.15, -0.1) is 11.3 Å². The van der Waals surface area contributed by atoms with Gasteiger partial charge < -0.3 is 10.2 Å². The molecule has 7 heteroatoms. The predicted molar refractivity (Wildman–Crippen MR) is 100 cm³/mol. The highest BCUT2D eigenvalue weighted by atomic mass is 79.9. The van der Waals surface area contributed by atoms with E-state index in [4.69, 9.17) is 0 Å². The molecule has 0 aliphatic rings. The van der Waals surface area contributed by atoms with Crippen LogP contribution in [-0.4, -0.2) is 34.8 Å². The summed E-state index contributed by atoms with van der Waals surface area (Å²) in [7, 11) is 0. The number of thiazole rings is 1. The third-order valence-corrected chi connectivity index (χ3v) is 4.66. The normalized spacial score (nSPS) is 10.5. The van der Waals surface area contributed by atoms with Crippen LogP contribution >= 0.6 is 27.3 Å². The number of unbranched alkanes of at least 4 members (excludes halogenated alkanes) is 1. The first kappa shape index (κ1) is 18.6. The van der Waals surface area contributed by atoms with Crippen LogP contribution in [-0.2, 0) is 4.79 Å². The number of halogens is 1. The maximum absolute atomic E-state index is 12.7. The van der Waals surface area contributed by atoms with Gasteiger partial charge in [-0.2, -0.15) is 0 Å². The first-order valence-corrected chi connectivity index (χ1v) is 9.37. The molecule has 0 saturated heterocycles. The summed E-state index contributed by atoms with van der Waals surface area (Å²) in [6.45, 7) is 4.55. The molecule has 0 radical (unpaired) electrons. The summed E-state index contributed by atoms with van der Waals surface area (Å²) in [5.41, 5.74) is 0.568. The Kier molecular flexibility index (Phi) is 6.93. The molecule has 0 spiro atoms. The van der Waals surface area contributed by atoms with Gasteiger partial charge in [-0.05, 0) is 31.5 Å². The fourth-order valence-corrected chi connectivity index (χ4v) is 3.23. The zero-order valence-corrected chi connectivity index (χ0v) is 16.1. The number of hydrogen-bond acceptors (Lipinski definition) is 4. The number of nitrogens with one attached hydrogen (secondary N) is 1. The monoisotopic (exact) mass is 409 g/mol. The second-order valence-corrected chi connectivity index (χ2v) is 7.57. The highest BCUT2D eigenvalue weighted by molar-refractivity contribution is 9.10. The van der Waals surface area contributed by atoms with E-state index < -0.39 is 0 Å². The number of rotatable bonds is 7. The van der Waals surface area contributed by atoms with Gasteiger partial charge in [0, 0.05) is 27.7 Å². The van der Waals surface area contributed by atoms with Crippen molar-refractivity contribution in [3.63, 3.8) is 0 Å². The first-order chi connectivity index (χ1) is 11.5. The second kappa shape index (κ2) is 8.94. The van der Waals surface area contributed by atoms with Gasteiger partial charge >= 0.3 is 0 Å². The largest absolute Gasteiger partial charge is 0.329 e. The standard InChI is InChI=1S/C17H20BrN3O2S/c1-3-4-8-21(16(23)13-6-5-7-14(18)9-13)11-15(22)20-17-19-10-12(2)24-17/h5-7,9-10H,3-4,8,11H2,1-2H3,(H,19,20,22). The van der Waals surface area contributed by atoms with E-state index in [9.17, 15) is 9.59 Å². The molecule has 24 heavy (non-hydrogen) atoms. The molecule has 5 nitrogen and oxygen atoms in total. The molecule has 0 aliphatic carbocycles. The van der Waals surface area contributed by atoms with E-state index in [0.29, 0.717) is 17.2 Å². The van der Waals surface area contributed by atoms with Gasteiger partial charge in [-0.1, -0.05) is 35.3 Å². The quantitative estimate of drug-likeness (QED) is 0.748. The Morgan fingerprint density at radius 3 is 2.79 bits per heavy atom. The van der Waals surface area contributed by atoms with Gasteiger partial charge in [0.15, 0.2) is 5.13 Å². The molecule has 1 aromatic carbocycles. The number of aryl methyl sites for hydroxylation is 1. The van der Waals surface area contributed by atoms with Gasteiger partial charge in [0.2, 0.25) is 5.91 Å². The molecule has 1 aromatic heterocycles. The average molecular weight is 410 g/mol. The number of aromatic nitrogens is 1. The van der Waals surface area contributed by atoms with Crippen molar-refractivity contribution in [3.8, 4) is 0 Å². The topological polar surface area (TPSA) is 62.3 Å². The Bertz CT molecular complexity index is 717. The summed E-state index contributed by atoms with van der Waals surface area (Å²) in [5.74, 6) is -0.376. The Balaban J connectivity index is 2.06. The van der Waals surface area contributed by atoms with E-state index >= 15 is 0 Å². The van der Waals surface area contributed by atoms with Crippen molar-refractivity contribution in [1.82, 2.24) is 9.88 Å². The van der Waals surface area contributed by atoms with E-state index in [1.165, 1.54) is 11.3 Å². The van der Waals surface area contributed by atoms with Crippen molar-refractivity contribution in [3.05, 3.63) is 45.4 Å². The lowest BCUT2D eigenvalue weighted by atomic mass is 10.2. The SMILES string of the molecule is CCCCN(CC(=O)Nc1ncc(C)s1)C(=O)c1cccc(Br)c1. The summed E-state index contributed by atoms with van der Waals surface area (Å²) >= 11 is 4.79. The van der Waals surface area contributed by atoms with Gasteiger partial charge in [-0.3, -0.25) is 9.59 Å². The number of anilines is 1. The van der Waals surface area contributed by atoms with Gasteiger partial charge in [0.25, 0.3) is 5.91 Å². The van der Waals surface area contributed by atoms with Crippen LogP contribution in [0.1, 0.15) is 35.0 Å². The third-order valence-electron chi connectivity index (χ3n) is 3.34.